The molecule has 22 heavy (non-hydrogen) atoms. The molecule has 0 fully saturated rings. The van der Waals surface area contributed by atoms with Crippen LogP contribution in [0.25, 0.3) is 0 Å². The first-order chi connectivity index (χ1) is 9.64. The van der Waals surface area contributed by atoms with Gasteiger partial charge in [0.2, 0.25) is 0 Å². The standard InChI is InChI=1S/C19H30O3/c1-17(2,3)14-12(16(21)22-19(7,8)9)10-11-13(20)15(14)18(4,5)6/h10-11,20H,1-9H3. The normalized spacial score (nSPS) is 13.1. The molecule has 1 N–H and O–H groups in total. The van der Waals surface area contributed by atoms with Crippen LogP contribution < -0.4 is 0 Å². The first kappa shape index (κ1) is 18.5. The van der Waals surface area contributed by atoms with Gasteiger partial charge in [-0.15, -0.1) is 0 Å². The van der Waals surface area contributed by atoms with E-state index < -0.39 is 5.60 Å². The second-order valence-electron chi connectivity index (χ2n) is 8.88. The molecule has 0 unspecified atom stereocenters. The molecule has 0 amide bonds. The Morgan fingerprint density at radius 1 is 0.864 bits per heavy atom. The van der Waals surface area contributed by atoms with Gasteiger partial charge in [-0.2, -0.15) is 0 Å². The van der Waals surface area contributed by atoms with Crippen molar-refractivity contribution in [2.45, 2.75) is 78.7 Å². The van der Waals surface area contributed by atoms with Crippen molar-refractivity contribution in [1.29, 1.82) is 0 Å². The van der Waals surface area contributed by atoms with Gasteiger partial charge >= 0.3 is 5.97 Å². The summed E-state index contributed by atoms with van der Waals surface area (Å²) in [4.78, 5) is 12.6. The molecule has 0 atom stereocenters. The smallest absolute Gasteiger partial charge is 0.338 e. The number of phenolic OH excluding ortho intramolecular Hbond substituents is 1. The molecule has 0 saturated carbocycles. The Labute approximate surface area is 134 Å². The van der Waals surface area contributed by atoms with Crippen LogP contribution in [0.5, 0.6) is 5.75 Å². The lowest BCUT2D eigenvalue weighted by Gasteiger charge is -2.33. The summed E-state index contributed by atoms with van der Waals surface area (Å²) in [5, 5.41) is 10.4. The van der Waals surface area contributed by atoms with E-state index in [9.17, 15) is 9.90 Å². The zero-order valence-corrected chi connectivity index (χ0v) is 15.4. The van der Waals surface area contributed by atoms with E-state index in [4.69, 9.17) is 4.74 Å². The molecule has 0 saturated heterocycles. The Hall–Kier alpha value is -1.51. The van der Waals surface area contributed by atoms with Crippen molar-refractivity contribution >= 4 is 5.97 Å². The van der Waals surface area contributed by atoms with Crippen molar-refractivity contribution in [3.8, 4) is 5.75 Å². The molecule has 1 rings (SSSR count). The van der Waals surface area contributed by atoms with Gasteiger partial charge < -0.3 is 9.84 Å². The molecule has 0 radical (unpaired) electrons. The van der Waals surface area contributed by atoms with Gasteiger partial charge in [0, 0.05) is 5.56 Å². The molecule has 1 aromatic carbocycles. The second-order valence-corrected chi connectivity index (χ2v) is 8.88. The highest BCUT2D eigenvalue weighted by Gasteiger charge is 2.33. The van der Waals surface area contributed by atoms with E-state index in [-0.39, 0.29) is 22.5 Å². The monoisotopic (exact) mass is 306 g/mol. The number of hydrogen-bond acceptors (Lipinski definition) is 3. The van der Waals surface area contributed by atoms with E-state index in [0.29, 0.717) is 5.56 Å². The minimum absolute atomic E-state index is 0.227. The number of rotatable bonds is 1. The van der Waals surface area contributed by atoms with E-state index in [1.807, 2.05) is 62.3 Å². The molecule has 0 aliphatic heterocycles. The van der Waals surface area contributed by atoms with Crippen molar-refractivity contribution in [1.82, 2.24) is 0 Å². The van der Waals surface area contributed by atoms with Crippen LogP contribution in [0.4, 0.5) is 0 Å². The fourth-order valence-corrected chi connectivity index (χ4v) is 2.63. The number of benzene rings is 1. The molecule has 0 aliphatic carbocycles. The quantitative estimate of drug-likeness (QED) is 0.747. The van der Waals surface area contributed by atoms with E-state index in [1.165, 1.54) is 0 Å². The Kier molecular flexibility index (Phi) is 4.72. The molecule has 3 heteroatoms. The summed E-state index contributed by atoms with van der Waals surface area (Å²) in [7, 11) is 0. The van der Waals surface area contributed by atoms with Crippen LogP contribution in [0.15, 0.2) is 12.1 Å². The topological polar surface area (TPSA) is 46.5 Å². The molecule has 0 aliphatic rings. The summed E-state index contributed by atoms with van der Waals surface area (Å²) in [6, 6.07) is 3.26. The fraction of sp³-hybridized carbons (Fsp3) is 0.632. The van der Waals surface area contributed by atoms with Crippen molar-refractivity contribution in [3.63, 3.8) is 0 Å². The molecule has 0 bridgehead atoms. The molecule has 0 heterocycles. The first-order valence-electron chi connectivity index (χ1n) is 7.75. The lowest BCUT2D eigenvalue weighted by Crippen LogP contribution is -2.29. The van der Waals surface area contributed by atoms with Crippen LogP contribution in [-0.2, 0) is 15.6 Å². The van der Waals surface area contributed by atoms with Gasteiger partial charge in [-0.25, -0.2) is 4.79 Å². The van der Waals surface area contributed by atoms with E-state index in [1.54, 1.807) is 12.1 Å². The third-order valence-electron chi connectivity index (χ3n) is 3.30. The molecular formula is C19H30O3. The average Bonchev–Trinajstić information content (AvgIpc) is 2.22. The molecular weight excluding hydrogens is 276 g/mol. The maximum Gasteiger partial charge on any atom is 0.338 e. The number of esters is 1. The molecule has 3 nitrogen and oxygen atoms in total. The van der Waals surface area contributed by atoms with Crippen molar-refractivity contribution in [3.05, 3.63) is 28.8 Å². The van der Waals surface area contributed by atoms with Crippen molar-refractivity contribution in [2.75, 3.05) is 0 Å². The van der Waals surface area contributed by atoms with Crippen LogP contribution in [-0.4, -0.2) is 16.7 Å². The molecule has 0 aromatic heterocycles. The Morgan fingerprint density at radius 3 is 1.68 bits per heavy atom. The number of carbonyl (C=O) groups is 1. The predicted octanol–water partition coefficient (Wildman–Crippen LogP) is 4.94. The Morgan fingerprint density at radius 2 is 1.32 bits per heavy atom. The van der Waals surface area contributed by atoms with Gasteiger partial charge in [-0.3, -0.25) is 0 Å². The number of ether oxygens (including phenoxy) is 1. The number of aromatic hydroxyl groups is 1. The van der Waals surface area contributed by atoms with Gasteiger partial charge in [-0.05, 0) is 49.3 Å². The average molecular weight is 306 g/mol. The van der Waals surface area contributed by atoms with E-state index in [0.717, 1.165) is 11.1 Å². The lowest BCUT2D eigenvalue weighted by molar-refractivity contribution is 0.00667. The summed E-state index contributed by atoms with van der Waals surface area (Å²) in [6.45, 7) is 17.8. The van der Waals surface area contributed by atoms with Gasteiger partial charge in [0.05, 0.1) is 5.56 Å². The molecule has 124 valence electrons. The highest BCUT2D eigenvalue weighted by molar-refractivity contribution is 5.93. The lowest BCUT2D eigenvalue weighted by atomic mass is 9.72. The SMILES string of the molecule is CC(C)(C)OC(=O)c1ccc(O)c(C(C)(C)C)c1C(C)(C)C. The zero-order valence-electron chi connectivity index (χ0n) is 15.4. The summed E-state index contributed by atoms with van der Waals surface area (Å²) in [5.74, 6) is -0.118. The van der Waals surface area contributed by atoms with Gasteiger partial charge in [0.1, 0.15) is 11.4 Å². The summed E-state index contributed by atoms with van der Waals surface area (Å²) in [5.41, 5.74) is 1.09. The zero-order chi connectivity index (χ0) is 17.5. The summed E-state index contributed by atoms with van der Waals surface area (Å²) >= 11 is 0. The third-order valence-corrected chi connectivity index (χ3v) is 3.30. The highest BCUT2D eigenvalue weighted by Crippen LogP contribution is 2.41. The molecule has 1 aromatic rings. The predicted molar refractivity (Wildman–Crippen MR) is 90.7 cm³/mol. The maximum atomic E-state index is 12.6. The minimum atomic E-state index is -0.550. The largest absolute Gasteiger partial charge is 0.508 e. The van der Waals surface area contributed by atoms with E-state index >= 15 is 0 Å². The Balaban J connectivity index is 3.64. The summed E-state index contributed by atoms with van der Waals surface area (Å²) in [6.07, 6.45) is 0. The summed E-state index contributed by atoms with van der Waals surface area (Å²) < 4.78 is 5.55. The number of phenols is 1. The van der Waals surface area contributed by atoms with Gasteiger partial charge in [0.25, 0.3) is 0 Å². The number of carbonyl (C=O) groups excluding carboxylic acids is 1. The number of hydrogen-bond donors (Lipinski definition) is 1. The maximum absolute atomic E-state index is 12.6. The van der Waals surface area contributed by atoms with Crippen LogP contribution in [0.1, 0.15) is 83.8 Å². The fourth-order valence-electron chi connectivity index (χ4n) is 2.63. The second kappa shape index (κ2) is 5.60. The van der Waals surface area contributed by atoms with Crippen molar-refractivity contribution < 1.29 is 14.6 Å². The highest BCUT2D eigenvalue weighted by atomic mass is 16.6. The van der Waals surface area contributed by atoms with Gasteiger partial charge in [0.15, 0.2) is 0 Å². The van der Waals surface area contributed by atoms with Crippen LogP contribution in [0, 0.1) is 0 Å². The minimum Gasteiger partial charge on any atom is -0.508 e. The van der Waals surface area contributed by atoms with Gasteiger partial charge in [-0.1, -0.05) is 41.5 Å². The van der Waals surface area contributed by atoms with E-state index in [2.05, 4.69) is 0 Å². The Bertz CT molecular complexity index is 564. The van der Waals surface area contributed by atoms with Crippen LogP contribution in [0.2, 0.25) is 0 Å². The molecule has 0 spiro atoms. The first-order valence-corrected chi connectivity index (χ1v) is 7.75. The third kappa shape index (κ3) is 4.25. The van der Waals surface area contributed by atoms with Crippen LogP contribution in [0.3, 0.4) is 0 Å². The van der Waals surface area contributed by atoms with Crippen molar-refractivity contribution in [2.24, 2.45) is 0 Å². The van der Waals surface area contributed by atoms with Crippen LogP contribution >= 0.6 is 0 Å².